The van der Waals surface area contributed by atoms with Crippen molar-refractivity contribution in [1.82, 2.24) is 0 Å². The standard InChI is InChI=1S/C35H27N3O6/c1-21-16-18-25(38(42)43)20-28(21)37-33(39)29-27-19-17-22-10-8-9-15-26(22)36(27)31(30(29)34(37)40)35(41)44-32(23-11-4-2-5-12-23)24-13-6-3-7-14-24/h2-20,27,29-32H,1H3/t27-,29-,30-,31+/m1/s1. The van der Waals surface area contributed by atoms with Crippen molar-refractivity contribution in [1.29, 1.82) is 0 Å². The number of carbonyl (C=O) groups is 3. The molecule has 2 saturated heterocycles. The summed E-state index contributed by atoms with van der Waals surface area (Å²) in [4.78, 5) is 56.8. The first-order valence-corrected chi connectivity index (χ1v) is 14.3. The number of rotatable bonds is 6. The number of amides is 2. The van der Waals surface area contributed by atoms with E-state index in [1.54, 1.807) is 6.92 Å². The zero-order valence-electron chi connectivity index (χ0n) is 23.6. The molecule has 44 heavy (non-hydrogen) atoms. The van der Waals surface area contributed by atoms with Gasteiger partial charge < -0.3 is 9.64 Å². The SMILES string of the molecule is Cc1ccc([N+](=O)[O-])cc1N1C(=O)[C@@H]2[C@H](C1=O)[C@H]1C=Cc3ccccc3N1[C@@H]2C(=O)OC(c1ccccc1)c1ccccc1. The van der Waals surface area contributed by atoms with Crippen molar-refractivity contribution in [3.05, 3.63) is 142 Å². The summed E-state index contributed by atoms with van der Waals surface area (Å²) in [5, 5.41) is 11.6. The minimum Gasteiger partial charge on any atom is -0.451 e. The Morgan fingerprint density at radius 1 is 0.818 bits per heavy atom. The van der Waals surface area contributed by atoms with E-state index in [4.69, 9.17) is 4.74 Å². The van der Waals surface area contributed by atoms with Gasteiger partial charge in [-0.3, -0.25) is 19.7 Å². The number of ether oxygens (including phenoxy) is 1. The monoisotopic (exact) mass is 585 g/mol. The molecule has 2 amide bonds. The second-order valence-electron chi connectivity index (χ2n) is 11.2. The molecule has 3 aliphatic heterocycles. The predicted molar refractivity (Wildman–Crippen MR) is 164 cm³/mol. The molecule has 9 heteroatoms. The molecule has 0 spiro atoms. The van der Waals surface area contributed by atoms with Crippen LogP contribution in [0.15, 0.2) is 109 Å². The number of fused-ring (bicyclic) bond motifs is 5. The number of anilines is 2. The Labute approximate surface area is 253 Å². The van der Waals surface area contributed by atoms with E-state index in [0.29, 0.717) is 5.56 Å². The van der Waals surface area contributed by atoms with Gasteiger partial charge in [-0.1, -0.05) is 97.1 Å². The van der Waals surface area contributed by atoms with Crippen LogP contribution in [-0.4, -0.2) is 34.8 Å². The van der Waals surface area contributed by atoms with Crippen LogP contribution < -0.4 is 9.80 Å². The third-order valence-corrected chi connectivity index (χ3v) is 8.74. The molecule has 0 bridgehead atoms. The second-order valence-corrected chi connectivity index (χ2v) is 11.2. The number of nitrogens with zero attached hydrogens (tertiary/aromatic N) is 3. The Morgan fingerprint density at radius 3 is 2.09 bits per heavy atom. The topological polar surface area (TPSA) is 110 Å². The highest BCUT2D eigenvalue weighted by Gasteiger charge is 2.65. The zero-order chi connectivity index (χ0) is 30.5. The van der Waals surface area contributed by atoms with E-state index in [1.807, 2.05) is 102 Å². The van der Waals surface area contributed by atoms with E-state index in [0.717, 1.165) is 27.3 Å². The summed E-state index contributed by atoms with van der Waals surface area (Å²) in [5.41, 5.74) is 3.56. The van der Waals surface area contributed by atoms with Gasteiger partial charge in [0.1, 0.15) is 6.04 Å². The highest BCUT2D eigenvalue weighted by atomic mass is 16.6. The molecule has 218 valence electrons. The zero-order valence-corrected chi connectivity index (χ0v) is 23.6. The largest absolute Gasteiger partial charge is 0.451 e. The average Bonchev–Trinajstić information content (AvgIpc) is 3.53. The van der Waals surface area contributed by atoms with Crippen molar-refractivity contribution in [2.45, 2.75) is 25.1 Å². The second kappa shape index (κ2) is 10.6. The number of nitro benzene ring substituents is 1. The highest BCUT2D eigenvalue weighted by molar-refractivity contribution is 6.25. The van der Waals surface area contributed by atoms with Crippen LogP contribution in [0, 0.1) is 28.9 Å². The van der Waals surface area contributed by atoms with Crippen LogP contribution in [-0.2, 0) is 19.1 Å². The van der Waals surface area contributed by atoms with Gasteiger partial charge in [-0.25, -0.2) is 9.69 Å². The van der Waals surface area contributed by atoms with E-state index in [9.17, 15) is 24.5 Å². The number of carbonyl (C=O) groups excluding carboxylic acids is 3. The van der Waals surface area contributed by atoms with Crippen molar-refractivity contribution in [2.75, 3.05) is 9.80 Å². The van der Waals surface area contributed by atoms with Gasteiger partial charge in [0.15, 0.2) is 6.10 Å². The van der Waals surface area contributed by atoms with Crippen LogP contribution in [0.1, 0.15) is 28.4 Å². The molecule has 4 aromatic rings. The van der Waals surface area contributed by atoms with Gasteiger partial charge in [-0.15, -0.1) is 0 Å². The number of aryl methyl sites for hydroxylation is 1. The minimum atomic E-state index is -1.12. The molecular formula is C35H27N3O6. The first-order valence-electron chi connectivity index (χ1n) is 14.3. The van der Waals surface area contributed by atoms with Gasteiger partial charge in [0.2, 0.25) is 11.8 Å². The molecule has 4 aromatic carbocycles. The van der Waals surface area contributed by atoms with E-state index in [1.165, 1.54) is 18.2 Å². The molecule has 3 aliphatic rings. The van der Waals surface area contributed by atoms with Crippen LogP contribution >= 0.6 is 0 Å². The lowest BCUT2D eigenvalue weighted by molar-refractivity contribution is -0.384. The predicted octanol–water partition coefficient (Wildman–Crippen LogP) is 5.63. The maximum atomic E-state index is 14.5. The summed E-state index contributed by atoms with van der Waals surface area (Å²) in [6, 6.07) is 28.6. The first kappa shape index (κ1) is 27.3. The van der Waals surface area contributed by atoms with Crippen molar-refractivity contribution in [3.8, 4) is 0 Å². The number of benzene rings is 4. The molecule has 0 unspecified atom stereocenters. The fourth-order valence-electron chi connectivity index (χ4n) is 6.74. The number of imide groups is 1. The van der Waals surface area contributed by atoms with Crippen molar-refractivity contribution >= 4 is 40.9 Å². The molecule has 9 nitrogen and oxygen atoms in total. The Morgan fingerprint density at radius 2 is 1.43 bits per heavy atom. The van der Waals surface area contributed by atoms with Gasteiger partial charge in [-0.05, 0) is 35.2 Å². The normalized spacial score (nSPS) is 21.7. The molecule has 0 N–H and O–H groups in total. The average molecular weight is 586 g/mol. The number of hydrogen-bond acceptors (Lipinski definition) is 7. The Hall–Kier alpha value is -5.57. The smallest absolute Gasteiger partial charge is 0.330 e. The van der Waals surface area contributed by atoms with Crippen molar-refractivity contribution in [3.63, 3.8) is 0 Å². The Kier molecular flexibility index (Phi) is 6.58. The van der Waals surface area contributed by atoms with E-state index in [2.05, 4.69) is 0 Å². The quantitative estimate of drug-likeness (QED) is 0.125. The lowest BCUT2D eigenvalue weighted by atomic mass is 9.88. The van der Waals surface area contributed by atoms with E-state index in [-0.39, 0.29) is 11.4 Å². The molecule has 0 aliphatic carbocycles. The lowest BCUT2D eigenvalue weighted by Crippen LogP contribution is -2.49. The first-order chi connectivity index (χ1) is 21.3. The summed E-state index contributed by atoms with van der Waals surface area (Å²) < 4.78 is 6.30. The van der Waals surface area contributed by atoms with Crippen LogP contribution in [0.5, 0.6) is 0 Å². The van der Waals surface area contributed by atoms with Crippen LogP contribution in [0.25, 0.3) is 6.08 Å². The summed E-state index contributed by atoms with van der Waals surface area (Å²) in [5.74, 6) is -3.68. The van der Waals surface area contributed by atoms with Gasteiger partial charge in [0.25, 0.3) is 5.69 Å². The molecular weight excluding hydrogens is 558 g/mol. The van der Waals surface area contributed by atoms with Gasteiger partial charge >= 0.3 is 5.97 Å². The lowest BCUT2D eigenvalue weighted by Gasteiger charge is -2.36. The summed E-state index contributed by atoms with van der Waals surface area (Å²) in [6.45, 7) is 1.69. The number of para-hydroxylation sites is 1. The van der Waals surface area contributed by atoms with Crippen molar-refractivity contribution < 1.29 is 24.0 Å². The van der Waals surface area contributed by atoms with Gasteiger partial charge in [-0.2, -0.15) is 0 Å². The van der Waals surface area contributed by atoms with E-state index < -0.39 is 52.7 Å². The minimum absolute atomic E-state index is 0.147. The Balaban J connectivity index is 1.33. The van der Waals surface area contributed by atoms with Crippen molar-refractivity contribution in [2.24, 2.45) is 11.8 Å². The highest BCUT2D eigenvalue weighted by Crippen LogP contribution is 2.50. The summed E-state index contributed by atoms with van der Waals surface area (Å²) in [6.07, 6.45) is 3.01. The number of nitro groups is 1. The van der Waals surface area contributed by atoms with Crippen LogP contribution in [0.3, 0.4) is 0 Å². The molecule has 2 fully saturated rings. The molecule has 0 radical (unpaired) electrons. The molecule has 4 atom stereocenters. The molecule has 7 rings (SSSR count). The maximum Gasteiger partial charge on any atom is 0.330 e. The molecule has 0 saturated carbocycles. The fraction of sp³-hybridized carbons (Fsp3) is 0.171. The third kappa shape index (κ3) is 4.27. The Bertz CT molecular complexity index is 1800. The molecule has 3 heterocycles. The summed E-state index contributed by atoms with van der Waals surface area (Å²) in [7, 11) is 0. The number of esters is 1. The third-order valence-electron chi connectivity index (χ3n) is 8.74. The maximum absolute atomic E-state index is 14.5. The van der Waals surface area contributed by atoms with Crippen LogP contribution in [0.2, 0.25) is 0 Å². The fourth-order valence-corrected chi connectivity index (χ4v) is 6.74. The molecule has 0 aromatic heterocycles. The van der Waals surface area contributed by atoms with Crippen LogP contribution in [0.4, 0.5) is 17.1 Å². The summed E-state index contributed by atoms with van der Waals surface area (Å²) >= 11 is 0. The number of hydrogen-bond donors (Lipinski definition) is 0. The number of non-ortho nitro benzene ring substituents is 1. The van der Waals surface area contributed by atoms with E-state index >= 15 is 0 Å². The van der Waals surface area contributed by atoms with Gasteiger partial charge in [0.05, 0.1) is 28.5 Å². The van der Waals surface area contributed by atoms with Gasteiger partial charge in [0, 0.05) is 17.8 Å².